The van der Waals surface area contributed by atoms with E-state index in [0.717, 1.165) is 27.5 Å². The Morgan fingerprint density at radius 1 is 0.944 bits per heavy atom. The van der Waals surface area contributed by atoms with Gasteiger partial charge in [-0.25, -0.2) is 15.0 Å². The van der Waals surface area contributed by atoms with Crippen molar-refractivity contribution in [3.63, 3.8) is 0 Å². The molecule has 0 spiro atoms. The fraction of sp³-hybridized carbons (Fsp3) is 0.0714. The first kappa shape index (κ1) is 11.2. The molecule has 88 valence electrons. The van der Waals surface area contributed by atoms with Crippen LogP contribution in [0.15, 0.2) is 59.9 Å². The van der Waals surface area contributed by atoms with Gasteiger partial charge in [0.2, 0.25) is 0 Å². The van der Waals surface area contributed by atoms with E-state index >= 15 is 0 Å². The fourth-order valence-electron chi connectivity index (χ4n) is 1.65. The lowest BCUT2D eigenvalue weighted by molar-refractivity contribution is 1.06. The van der Waals surface area contributed by atoms with Gasteiger partial charge in [0.05, 0.1) is 16.3 Å². The first-order valence-electron chi connectivity index (χ1n) is 5.66. The number of benzene rings is 1. The Kier molecular flexibility index (Phi) is 3.19. The van der Waals surface area contributed by atoms with Gasteiger partial charge in [0.25, 0.3) is 0 Å². The van der Waals surface area contributed by atoms with E-state index in [1.165, 1.54) is 0 Å². The molecule has 2 heterocycles. The molecule has 3 aromatic rings. The van der Waals surface area contributed by atoms with E-state index in [1.807, 2.05) is 48.7 Å². The predicted molar refractivity (Wildman–Crippen MR) is 73.3 cm³/mol. The monoisotopic (exact) mass is 253 g/mol. The summed E-state index contributed by atoms with van der Waals surface area (Å²) in [7, 11) is 0. The Balaban J connectivity index is 1.79. The van der Waals surface area contributed by atoms with Crippen LogP contribution in [0.25, 0.3) is 10.9 Å². The molecule has 0 fully saturated rings. The summed E-state index contributed by atoms with van der Waals surface area (Å²) in [6.07, 6.45) is 3.67. The van der Waals surface area contributed by atoms with Crippen LogP contribution in [0.2, 0.25) is 0 Å². The zero-order chi connectivity index (χ0) is 12.2. The molecule has 2 aromatic heterocycles. The van der Waals surface area contributed by atoms with Gasteiger partial charge in [-0.2, -0.15) is 0 Å². The molecular weight excluding hydrogens is 242 g/mol. The van der Waals surface area contributed by atoms with E-state index in [0.29, 0.717) is 0 Å². The minimum absolute atomic E-state index is 0.738. The minimum Gasteiger partial charge on any atom is -0.250 e. The van der Waals surface area contributed by atoms with Gasteiger partial charge < -0.3 is 0 Å². The number of thioether (sulfide) groups is 1. The van der Waals surface area contributed by atoms with E-state index in [1.54, 1.807) is 18.0 Å². The van der Waals surface area contributed by atoms with E-state index in [9.17, 15) is 0 Å². The second-order valence-corrected chi connectivity index (χ2v) is 4.80. The lowest BCUT2D eigenvalue weighted by atomic mass is 10.2. The Labute approximate surface area is 109 Å². The van der Waals surface area contributed by atoms with Gasteiger partial charge >= 0.3 is 0 Å². The molecule has 0 aliphatic heterocycles. The average molecular weight is 253 g/mol. The first-order valence-corrected chi connectivity index (χ1v) is 6.65. The third-order valence-electron chi connectivity index (χ3n) is 2.53. The second-order valence-electron chi connectivity index (χ2n) is 3.80. The number of para-hydroxylation sites is 1. The highest BCUT2D eigenvalue weighted by Gasteiger charge is 2.01. The van der Waals surface area contributed by atoms with Crippen molar-refractivity contribution in [2.24, 2.45) is 0 Å². The topological polar surface area (TPSA) is 38.7 Å². The van der Waals surface area contributed by atoms with Crippen LogP contribution in [0.1, 0.15) is 5.82 Å². The predicted octanol–water partition coefficient (Wildman–Crippen LogP) is 3.32. The summed E-state index contributed by atoms with van der Waals surface area (Å²) in [4.78, 5) is 13.2. The number of hydrogen-bond acceptors (Lipinski definition) is 4. The lowest BCUT2D eigenvalue weighted by Crippen LogP contribution is -1.93. The molecule has 0 saturated heterocycles. The molecule has 18 heavy (non-hydrogen) atoms. The number of fused-ring (bicyclic) bond motifs is 1. The summed E-state index contributed by atoms with van der Waals surface area (Å²) < 4.78 is 0. The van der Waals surface area contributed by atoms with Crippen LogP contribution in [0.4, 0.5) is 0 Å². The molecular formula is C14H11N3S. The maximum atomic E-state index is 4.53. The number of rotatable bonds is 3. The molecule has 1 aromatic carbocycles. The van der Waals surface area contributed by atoms with E-state index in [4.69, 9.17) is 0 Å². The average Bonchev–Trinajstić information content (AvgIpc) is 2.46. The summed E-state index contributed by atoms with van der Waals surface area (Å²) in [5.41, 5.74) is 0.990. The van der Waals surface area contributed by atoms with Gasteiger partial charge in [-0.3, -0.25) is 0 Å². The van der Waals surface area contributed by atoms with E-state index < -0.39 is 0 Å². The molecule has 0 atom stereocenters. The highest BCUT2D eigenvalue weighted by molar-refractivity contribution is 7.98. The van der Waals surface area contributed by atoms with Crippen molar-refractivity contribution in [1.29, 1.82) is 0 Å². The van der Waals surface area contributed by atoms with Crippen molar-refractivity contribution in [2.75, 3.05) is 0 Å². The summed E-state index contributed by atoms with van der Waals surface area (Å²) >= 11 is 1.65. The molecule has 0 aliphatic rings. The third kappa shape index (κ3) is 2.49. The summed E-state index contributed by atoms with van der Waals surface area (Å²) in [5, 5.41) is 2.07. The molecule has 0 radical (unpaired) electrons. The van der Waals surface area contributed by atoms with Gasteiger partial charge in [-0.15, -0.1) is 0 Å². The Morgan fingerprint density at radius 3 is 2.72 bits per heavy atom. The Hall–Kier alpha value is -1.94. The molecule has 0 unspecified atom stereocenters. The number of pyridine rings is 1. The largest absolute Gasteiger partial charge is 0.250 e. The number of nitrogens with zero attached hydrogens (tertiary/aromatic N) is 3. The quantitative estimate of drug-likeness (QED) is 0.671. The molecule has 0 bridgehead atoms. The van der Waals surface area contributed by atoms with Crippen molar-refractivity contribution >= 4 is 22.7 Å². The maximum absolute atomic E-state index is 4.53. The van der Waals surface area contributed by atoms with Crippen molar-refractivity contribution in [3.05, 3.63) is 60.7 Å². The fourth-order valence-corrected chi connectivity index (χ4v) is 2.38. The van der Waals surface area contributed by atoms with E-state index in [2.05, 4.69) is 15.0 Å². The molecule has 0 N–H and O–H groups in total. The van der Waals surface area contributed by atoms with Gasteiger partial charge in [-0.1, -0.05) is 36.0 Å². The lowest BCUT2D eigenvalue weighted by Gasteiger charge is -2.01. The second kappa shape index (κ2) is 5.14. The maximum Gasteiger partial charge on any atom is 0.139 e. The minimum atomic E-state index is 0.738. The smallest absolute Gasteiger partial charge is 0.139 e. The van der Waals surface area contributed by atoms with Crippen LogP contribution in [0, 0.1) is 0 Å². The number of aromatic nitrogens is 3. The van der Waals surface area contributed by atoms with Crippen molar-refractivity contribution in [2.45, 2.75) is 10.8 Å². The zero-order valence-corrected chi connectivity index (χ0v) is 10.5. The van der Waals surface area contributed by atoms with E-state index in [-0.39, 0.29) is 0 Å². The van der Waals surface area contributed by atoms with Crippen LogP contribution in [-0.2, 0) is 5.75 Å². The van der Waals surface area contributed by atoms with Gasteiger partial charge in [-0.05, 0) is 18.2 Å². The van der Waals surface area contributed by atoms with Crippen LogP contribution in [0.3, 0.4) is 0 Å². The van der Waals surface area contributed by atoms with Gasteiger partial charge in [0.1, 0.15) is 5.82 Å². The third-order valence-corrected chi connectivity index (χ3v) is 3.47. The normalized spacial score (nSPS) is 10.7. The molecule has 0 amide bonds. The Bertz CT molecular complexity index is 655. The highest BCUT2D eigenvalue weighted by Crippen LogP contribution is 2.19. The molecule has 4 heteroatoms. The zero-order valence-electron chi connectivity index (χ0n) is 9.65. The summed E-state index contributed by atoms with van der Waals surface area (Å²) in [6, 6.07) is 13.9. The molecule has 3 rings (SSSR count). The Morgan fingerprint density at radius 2 is 1.83 bits per heavy atom. The van der Waals surface area contributed by atoms with Crippen LogP contribution in [-0.4, -0.2) is 15.0 Å². The van der Waals surface area contributed by atoms with Crippen molar-refractivity contribution < 1.29 is 0 Å². The van der Waals surface area contributed by atoms with Crippen molar-refractivity contribution in [1.82, 2.24) is 15.0 Å². The van der Waals surface area contributed by atoms with Crippen LogP contribution in [0.5, 0.6) is 0 Å². The number of hydrogen-bond donors (Lipinski definition) is 0. The first-order chi connectivity index (χ1) is 8.92. The summed E-state index contributed by atoms with van der Waals surface area (Å²) in [5.74, 6) is 1.58. The molecule has 3 nitrogen and oxygen atoms in total. The van der Waals surface area contributed by atoms with Gasteiger partial charge in [0, 0.05) is 17.8 Å². The SMILES string of the molecule is c1ccc(SCc2ncc3ccccc3n2)nc1. The van der Waals surface area contributed by atoms with Gasteiger partial charge in [0.15, 0.2) is 0 Å². The molecule has 0 aliphatic carbocycles. The molecule has 0 saturated carbocycles. The summed E-state index contributed by atoms with van der Waals surface area (Å²) in [6.45, 7) is 0. The van der Waals surface area contributed by atoms with Crippen molar-refractivity contribution in [3.8, 4) is 0 Å². The highest BCUT2D eigenvalue weighted by atomic mass is 32.2. The standard InChI is InChI=1S/C14H11N3S/c1-2-6-12-11(5-1)9-16-13(17-12)10-18-14-7-3-4-8-15-14/h1-9H,10H2. The van der Waals surface area contributed by atoms with Crippen LogP contribution >= 0.6 is 11.8 Å². The van der Waals surface area contributed by atoms with Crippen LogP contribution < -0.4 is 0 Å².